The minimum atomic E-state index is 1.32. The summed E-state index contributed by atoms with van der Waals surface area (Å²) in [4.78, 5) is 0. The highest BCUT2D eigenvalue weighted by atomic mass is 14.0. The van der Waals surface area contributed by atoms with Gasteiger partial charge in [0.15, 0.2) is 0 Å². The van der Waals surface area contributed by atoms with Crippen molar-refractivity contribution in [2.75, 3.05) is 0 Å². The Labute approximate surface area is 58.0 Å². The van der Waals surface area contributed by atoms with Crippen molar-refractivity contribution in [2.45, 2.75) is 44.9 Å². The molecular weight excluding hydrogens is 108 g/mol. The summed E-state index contributed by atoms with van der Waals surface area (Å²) < 4.78 is 0. The molecule has 1 saturated carbocycles. The van der Waals surface area contributed by atoms with Crippen LogP contribution >= 0.6 is 0 Å². The second-order valence-electron chi connectivity index (χ2n) is 2.82. The summed E-state index contributed by atoms with van der Waals surface area (Å²) in [6, 6.07) is 0. The van der Waals surface area contributed by atoms with E-state index in [-0.39, 0.29) is 0 Å². The minimum Gasteiger partial charge on any atom is -0.0885 e. The second kappa shape index (κ2) is 4.60. The molecule has 0 aromatic carbocycles. The van der Waals surface area contributed by atoms with Crippen LogP contribution in [0, 0.1) is 0 Å². The van der Waals surface area contributed by atoms with E-state index in [9.17, 15) is 0 Å². The van der Waals surface area contributed by atoms with Crippen LogP contribution in [0.25, 0.3) is 0 Å². The van der Waals surface area contributed by atoms with Gasteiger partial charge in [0.2, 0.25) is 0 Å². The minimum absolute atomic E-state index is 1.32. The van der Waals surface area contributed by atoms with E-state index in [1.54, 1.807) is 0 Å². The van der Waals surface area contributed by atoms with Gasteiger partial charge in [-0.05, 0) is 25.7 Å². The van der Waals surface area contributed by atoms with E-state index in [1.165, 1.54) is 44.9 Å². The van der Waals surface area contributed by atoms with Crippen LogP contribution in [0.1, 0.15) is 44.9 Å². The van der Waals surface area contributed by atoms with Crippen LogP contribution in [0.3, 0.4) is 0 Å². The lowest BCUT2D eigenvalue weighted by Gasteiger charge is -1.97. The van der Waals surface area contributed by atoms with Crippen LogP contribution in [-0.2, 0) is 0 Å². The SMILES string of the molecule is C1=CCCCC1.C1CC1. The normalized spacial score (nSPS) is 22.2. The summed E-state index contributed by atoms with van der Waals surface area (Å²) in [6.45, 7) is 0. The van der Waals surface area contributed by atoms with Gasteiger partial charge >= 0.3 is 0 Å². The lowest BCUT2D eigenvalue weighted by molar-refractivity contribution is 0.730. The van der Waals surface area contributed by atoms with Crippen molar-refractivity contribution in [3.8, 4) is 0 Å². The molecule has 2 rings (SSSR count). The number of allylic oxidation sites excluding steroid dienone is 2. The third kappa shape index (κ3) is 5.61. The van der Waals surface area contributed by atoms with Crippen LogP contribution in [0.5, 0.6) is 0 Å². The van der Waals surface area contributed by atoms with Crippen LogP contribution < -0.4 is 0 Å². The fourth-order valence-electron chi connectivity index (χ4n) is 0.760. The number of hydrogen-bond acceptors (Lipinski definition) is 0. The van der Waals surface area contributed by atoms with Gasteiger partial charge in [-0.3, -0.25) is 0 Å². The van der Waals surface area contributed by atoms with E-state index < -0.39 is 0 Å². The Balaban J connectivity index is 0.000000112. The Hall–Kier alpha value is -0.260. The summed E-state index contributed by atoms with van der Waals surface area (Å²) >= 11 is 0. The summed E-state index contributed by atoms with van der Waals surface area (Å²) in [5.41, 5.74) is 0. The molecule has 0 bridgehead atoms. The molecule has 0 aromatic heterocycles. The zero-order valence-corrected chi connectivity index (χ0v) is 6.10. The molecule has 0 radical (unpaired) electrons. The first-order chi connectivity index (χ1) is 4.50. The molecule has 1 fully saturated rings. The third-order valence-corrected chi connectivity index (χ3v) is 1.51. The van der Waals surface area contributed by atoms with Gasteiger partial charge in [-0.25, -0.2) is 0 Å². The molecule has 0 N–H and O–H groups in total. The average Bonchev–Trinajstić information content (AvgIpc) is 2.76. The van der Waals surface area contributed by atoms with Crippen molar-refractivity contribution >= 4 is 0 Å². The molecule has 2 aliphatic carbocycles. The fourth-order valence-corrected chi connectivity index (χ4v) is 0.760. The van der Waals surface area contributed by atoms with E-state index in [4.69, 9.17) is 0 Å². The lowest BCUT2D eigenvalue weighted by Crippen LogP contribution is -1.77. The van der Waals surface area contributed by atoms with Crippen molar-refractivity contribution < 1.29 is 0 Å². The summed E-state index contributed by atoms with van der Waals surface area (Å²) in [5, 5.41) is 0. The van der Waals surface area contributed by atoms with E-state index in [2.05, 4.69) is 12.2 Å². The summed E-state index contributed by atoms with van der Waals surface area (Å²) in [5.74, 6) is 0. The quantitative estimate of drug-likeness (QED) is 0.435. The van der Waals surface area contributed by atoms with Crippen molar-refractivity contribution in [1.29, 1.82) is 0 Å². The standard InChI is InChI=1S/C6H10.C3H6/c1-2-4-6-5-3-1;1-2-3-1/h1-2H,3-6H2;1-3H2. The average molecular weight is 124 g/mol. The van der Waals surface area contributed by atoms with E-state index in [1.807, 2.05) is 0 Å². The molecule has 0 heterocycles. The highest BCUT2D eigenvalue weighted by molar-refractivity contribution is 4.85. The van der Waals surface area contributed by atoms with Gasteiger partial charge in [-0.15, -0.1) is 0 Å². The Bertz CT molecular complexity index is 69.3. The maximum Gasteiger partial charge on any atom is -0.0351 e. The molecule has 0 unspecified atom stereocenters. The van der Waals surface area contributed by atoms with Gasteiger partial charge in [0.1, 0.15) is 0 Å². The van der Waals surface area contributed by atoms with Crippen LogP contribution in [0.2, 0.25) is 0 Å². The monoisotopic (exact) mass is 124 g/mol. The zero-order valence-electron chi connectivity index (χ0n) is 6.10. The maximum atomic E-state index is 2.27. The molecule has 52 valence electrons. The molecule has 0 nitrogen and oxygen atoms in total. The highest BCUT2D eigenvalue weighted by Gasteiger charge is 1.95. The fraction of sp³-hybridized carbons (Fsp3) is 0.778. The van der Waals surface area contributed by atoms with E-state index >= 15 is 0 Å². The number of hydrogen-bond donors (Lipinski definition) is 0. The third-order valence-electron chi connectivity index (χ3n) is 1.51. The van der Waals surface area contributed by atoms with E-state index in [0.717, 1.165) is 0 Å². The molecule has 0 saturated heterocycles. The first-order valence-corrected chi connectivity index (χ1v) is 4.15. The molecular formula is C9H16. The van der Waals surface area contributed by atoms with Crippen molar-refractivity contribution in [1.82, 2.24) is 0 Å². The molecule has 2 aliphatic rings. The van der Waals surface area contributed by atoms with Crippen molar-refractivity contribution in [3.05, 3.63) is 12.2 Å². The Kier molecular flexibility index (Phi) is 3.51. The molecule has 0 atom stereocenters. The van der Waals surface area contributed by atoms with Gasteiger partial charge in [0.25, 0.3) is 0 Å². The molecule has 0 aromatic rings. The van der Waals surface area contributed by atoms with Gasteiger partial charge in [0, 0.05) is 0 Å². The van der Waals surface area contributed by atoms with Crippen molar-refractivity contribution in [3.63, 3.8) is 0 Å². The predicted octanol–water partition coefficient (Wildman–Crippen LogP) is 3.29. The van der Waals surface area contributed by atoms with Crippen molar-refractivity contribution in [2.24, 2.45) is 0 Å². The smallest absolute Gasteiger partial charge is 0.0351 e. The number of rotatable bonds is 0. The highest BCUT2D eigenvalue weighted by Crippen LogP contribution is 2.14. The van der Waals surface area contributed by atoms with Gasteiger partial charge in [0.05, 0.1) is 0 Å². The lowest BCUT2D eigenvalue weighted by atomic mass is 10.1. The topological polar surface area (TPSA) is 0 Å². The second-order valence-corrected chi connectivity index (χ2v) is 2.82. The predicted molar refractivity (Wildman–Crippen MR) is 41.5 cm³/mol. The van der Waals surface area contributed by atoms with Gasteiger partial charge < -0.3 is 0 Å². The maximum absolute atomic E-state index is 2.27. The zero-order chi connectivity index (χ0) is 6.36. The largest absolute Gasteiger partial charge is 0.0885 e. The summed E-state index contributed by atoms with van der Waals surface area (Å²) in [7, 11) is 0. The van der Waals surface area contributed by atoms with E-state index in [0.29, 0.717) is 0 Å². The molecule has 0 spiro atoms. The Morgan fingerprint density at radius 1 is 0.556 bits per heavy atom. The van der Waals surface area contributed by atoms with Crippen LogP contribution in [0.15, 0.2) is 12.2 Å². The van der Waals surface area contributed by atoms with Gasteiger partial charge in [-0.1, -0.05) is 31.4 Å². The van der Waals surface area contributed by atoms with Gasteiger partial charge in [-0.2, -0.15) is 0 Å². The first kappa shape index (κ1) is 6.85. The Morgan fingerprint density at radius 2 is 1.00 bits per heavy atom. The van der Waals surface area contributed by atoms with Crippen LogP contribution in [0.4, 0.5) is 0 Å². The first-order valence-electron chi connectivity index (χ1n) is 4.15. The van der Waals surface area contributed by atoms with Crippen LogP contribution in [-0.4, -0.2) is 0 Å². The summed E-state index contributed by atoms with van der Waals surface area (Å²) in [6.07, 6.45) is 14.5. The molecule has 9 heavy (non-hydrogen) atoms. The molecule has 0 aliphatic heterocycles. The molecule has 0 amide bonds. The Morgan fingerprint density at radius 3 is 1.11 bits per heavy atom. The molecule has 0 heteroatoms.